The molecule has 160 valence electrons. The van der Waals surface area contributed by atoms with Crippen LogP contribution < -0.4 is 5.32 Å². The maximum absolute atomic E-state index is 12.9. The average molecular weight is 428 g/mol. The number of nitrogens with one attached hydrogen (secondary N) is 2. The molecular weight excluding hydrogens is 408 g/mol. The Morgan fingerprint density at radius 2 is 1.84 bits per heavy atom. The third-order valence-electron chi connectivity index (χ3n) is 4.93. The van der Waals surface area contributed by atoms with Crippen LogP contribution in [-0.2, 0) is 0 Å². The van der Waals surface area contributed by atoms with Crippen LogP contribution in [0.1, 0.15) is 34.1 Å². The number of carbonyl (C=O) groups excluding carboxylic acids is 1. The molecule has 8 heteroatoms. The summed E-state index contributed by atoms with van der Waals surface area (Å²) in [5, 5.41) is 34.9. The SMILES string of the molecule is N=C(CC(NC(=O)c1cc(-c2ccc(O)cc2)on1)c1ccccc1O)c1cccnc1. The molecule has 1 amide bonds. The molecule has 4 rings (SSSR count). The fourth-order valence-corrected chi connectivity index (χ4v) is 3.26. The van der Waals surface area contributed by atoms with Gasteiger partial charge in [-0.1, -0.05) is 29.4 Å². The number of phenolic OH excluding ortho intramolecular Hbond substituents is 2. The zero-order chi connectivity index (χ0) is 22.5. The molecule has 0 saturated heterocycles. The summed E-state index contributed by atoms with van der Waals surface area (Å²) in [6.07, 6.45) is 3.33. The van der Waals surface area contributed by atoms with Gasteiger partial charge in [0.25, 0.3) is 5.91 Å². The summed E-state index contributed by atoms with van der Waals surface area (Å²) in [5.41, 5.74) is 2.08. The van der Waals surface area contributed by atoms with Gasteiger partial charge in [-0.2, -0.15) is 0 Å². The lowest BCUT2D eigenvalue weighted by molar-refractivity contribution is 0.0928. The summed E-state index contributed by atoms with van der Waals surface area (Å²) in [6, 6.07) is 17.3. The number of phenols is 2. The van der Waals surface area contributed by atoms with Crippen LogP contribution in [0.25, 0.3) is 11.3 Å². The highest BCUT2D eigenvalue weighted by molar-refractivity contribution is 5.99. The van der Waals surface area contributed by atoms with Gasteiger partial charge in [-0.25, -0.2) is 0 Å². The van der Waals surface area contributed by atoms with Crippen LogP contribution in [0.4, 0.5) is 0 Å². The number of para-hydroxylation sites is 1. The molecule has 4 N–H and O–H groups in total. The van der Waals surface area contributed by atoms with Gasteiger partial charge < -0.3 is 25.5 Å². The predicted octanol–water partition coefficient (Wildman–Crippen LogP) is 4.08. The van der Waals surface area contributed by atoms with Crippen molar-refractivity contribution in [2.45, 2.75) is 12.5 Å². The van der Waals surface area contributed by atoms with Gasteiger partial charge >= 0.3 is 0 Å². The molecular formula is C24H20N4O4. The standard InChI is InChI=1S/C24H20N4O4/c25-19(16-4-3-11-26-14-16)12-20(18-5-1-2-6-22(18)30)27-24(31)21-13-23(32-28-21)15-7-9-17(29)10-8-15/h1-11,13-14,20,25,29-30H,12H2,(H,27,31). The normalized spacial score (nSPS) is 11.6. The number of rotatable bonds is 7. The predicted molar refractivity (Wildman–Crippen MR) is 118 cm³/mol. The molecule has 1 unspecified atom stereocenters. The molecule has 0 aliphatic carbocycles. The van der Waals surface area contributed by atoms with Crippen molar-refractivity contribution in [1.29, 1.82) is 5.41 Å². The van der Waals surface area contributed by atoms with Crippen molar-refractivity contribution in [3.63, 3.8) is 0 Å². The van der Waals surface area contributed by atoms with Gasteiger partial charge in [-0.05, 0) is 36.4 Å². The third-order valence-corrected chi connectivity index (χ3v) is 4.93. The highest BCUT2D eigenvalue weighted by atomic mass is 16.5. The second-order valence-electron chi connectivity index (χ2n) is 7.13. The van der Waals surface area contributed by atoms with Gasteiger partial charge in [0.1, 0.15) is 11.5 Å². The minimum absolute atomic E-state index is 0.0155. The van der Waals surface area contributed by atoms with Crippen LogP contribution in [0, 0.1) is 5.41 Å². The molecule has 8 nitrogen and oxygen atoms in total. The highest BCUT2D eigenvalue weighted by Crippen LogP contribution is 2.28. The minimum atomic E-state index is -0.676. The van der Waals surface area contributed by atoms with E-state index >= 15 is 0 Å². The first-order chi connectivity index (χ1) is 15.5. The Balaban J connectivity index is 1.57. The zero-order valence-electron chi connectivity index (χ0n) is 16.9. The second kappa shape index (κ2) is 9.13. The number of hydrogen-bond donors (Lipinski definition) is 4. The fraction of sp³-hybridized carbons (Fsp3) is 0.0833. The number of aromatic nitrogens is 2. The maximum atomic E-state index is 12.9. The lowest BCUT2D eigenvalue weighted by Gasteiger charge is -2.20. The third kappa shape index (κ3) is 4.65. The Morgan fingerprint density at radius 3 is 2.56 bits per heavy atom. The lowest BCUT2D eigenvalue weighted by atomic mass is 9.97. The Morgan fingerprint density at radius 1 is 1.06 bits per heavy atom. The molecule has 4 aromatic rings. The van der Waals surface area contributed by atoms with E-state index in [2.05, 4.69) is 15.5 Å². The summed E-state index contributed by atoms with van der Waals surface area (Å²) in [5.74, 6) is -0.00194. The van der Waals surface area contributed by atoms with Gasteiger partial charge in [0.15, 0.2) is 11.5 Å². The molecule has 2 aromatic heterocycles. The van der Waals surface area contributed by atoms with Crippen molar-refractivity contribution >= 4 is 11.6 Å². The van der Waals surface area contributed by atoms with Gasteiger partial charge in [0.2, 0.25) is 0 Å². The lowest BCUT2D eigenvalue weighted by Crippen LogP contribution is -2.30. The highest BCUT2D eigenvalue weighted by Gasteiger charge is 2.23. The molecule has 0 fully saturated rings. The van der Waals surface area contributed by atoms with Crippen molar-refractivity contribution in [2.75, 3.05) is 0 Å². The number of carbonyl (C=O) groups is 1. The van der Waals surface area contributed by atoms with Gasteiger partial charge in [-0.3, -0.25) is 9.78 Å². The van der Waals surface area contributed by atoms with E-state index in [4.69, 9.17) is 9.93 Å². The second-order valence-corrected chi connectivity index (χ2v) is 7.13. The van der Waals surface area contributed by atoms with Gasteiger partial charge in [0, 0.05) is 47.3 Å². The molecule has 0 spiro atoms. The number of pyridine rings is 1. The fourth-order valence-electron chi connectivity index (χ4n) is 3.26. The van der Waals surface area contributed by atoms with Crippen LogP contribution in [-0.4, -0.2) is 32.0 Å². The Kier molecular flexibility index (Phi) is 5.94. The topological polar surface area (TPSA) is 132 Å². The first-order valence-electron chi connectivity index (χ1n) is 9.84. The quantitative estimate of drug-likeness (QED) is 0.328. The van der Waals surface area contributed by atoms with Crippen molar-refractivity contribution in [3.8, 4) is 22.8 Å². The largest absolute Gasteiger partial charge is 0.508 e. The van der Waals surface area contributed by atoms with E-state index < -0.39 is 11.9 Å². The molecule has 0 bridgehead atoms. The molecule has 0 saturated carbocycles. The first-order valence-corrected chi connectivity index (χ1v) is 9.84. The maximum Gasteiger partial charge on any atom is 0.273 e. The van der Waals surface area contributed by atoms with E-state index in [1.807, 2.05) is 0 Å². The minimum Gasteiger partial charge on any atom is -0.508 e. The van der Waals surface area contributed by atoms with Crippen LogP contribution in [0.5, 0.6) is 11.5 Å². The van der Waals surface area contributed by atoms with Crippen LogP contribution in [0.2, 0.25) is 0 Å². The molecule has 32 heavy (non-hydrogen) atoms. The van der Waals surface area contributed by atoms with E-state index in [-0.39, 0.29) is 29.3 Å². The van der Waals surface area contributed by atoms with E-state index in [0.29, 0.717) is 22.5 Å². The van der Waals surface area contributed by atoms with E-state index in [1.165, 1.54) is 24.3 Å². The number of hydrogen-bond acceptors (Lipinski definition) is 7. The molecule has 0 radical (unpaired) electrons. The van der Waals surface area contributed by atoms with Crippen LogP contribution in [0.15, 0.2) is 83.6 Å². The molecule has 1 atom stereocenters. The number of nitrogens with zero attached hydrogens (tertiary/aromatic N) is 2. The number of amides is 1. The average Bonchev–Trinajstić information content (AvgIpc) is 3.30. The number of aromatic hydroxyl groups is 2. The van der Waals surface area contributed by atoms with Crippen LogP contribution in [0.3, 0.4) is 0 Å². The summed E-state index contributed by atoms with van der Waals surface area (Å²) in [4.78, 5) is 17.0. The van der Waals surface area contributed by atoms with Crippen molar-refractivity contribution in [1.82, 2.24) is 15.5 Å². The number of benzene rings is 2. The van der Waals surface area contributed by atoms with Crippen molar-refractivity contribution < 1.29 is 19.5 Å². The Bertz CT molecular complexity index is 1240. The summed E-state index contributed by atoms with van der Waals surface area (Å²) in [7, 11) is 0. The molecule has 0 aliphatic rings. The summed E-state index contributed by atoms with van der Waals surface area (Å²) < 4.78 is 5.28. The summed E-state index contributed by atoms with van der Waals surface area (Å²) >= 11 is 0. The zero-order valence-corrected chi connectivity index (χ0v) is 16.9. The van der Waals surface area contributed by atoms with E-state index in [9.17, 15) is 15.0 Å². The monoisotopic (exact) mass is 428 g/mol. The van der Waals surface area contributed by atoms with Crippen molar-refractivity contribution in [3.05, 3.63) is 95.9 Å². The van der Waals surface area contributed by atoms with Gasteiger partial charge in [-0.15, -0.1) is 0 Å². The van der Waals surface area contributed by atoms with E-state index in [1.54, 1.807) is 54.9 Å². The Hall–Kier alpha value is -4.46. The van der Waals surface area contributed by atoms with E-state index in [0.717, 1.165) is 0 Å². The summed E-state index contributed by atoms with van der Waals surface area (Å²) in [6.45, 7) is 0. The Labute approximate surface area is 183 Å². The molecule has 2 aromatic carbocycles. The smallest absolute Gasteiger partial charge is 0.273 e. The van der Waals surface area contributed by atoms with Crippen LogP contribution >= 0.6 is 0 Å². The molecule has 2 heterocycles. The van der Waals surface area contributed by atoms with Crippen molar-refractivity contribution in [2.24, 2.45) is 0 Å². The van der Waals surface area contributed by atoms with Gasteiger partial charge in [0.05, 0.1) is 6.04 Å². The first kappa shape index (κ1) is 20.8. The molecule has 0 aliphatic heterocycles.